The first kappa shape index (κ1) is 16.9. The minimum atomic E-state index is 0.0340. The van der Waals surface area contributed by atoms with Crippen LogP contribution in [0.5, 0.6) is 0 Å². The average Bonchev–Trinajstić information content (AvgIpc) is 3.15. The maximum Gasteiger partial charge on any atom is 0.317 e. The summed E-state index contributed by atoms with van der Waals surface area (Å²) in [6.45, 7) is 4.36. The molecule has 2 atom stereocenters. The van der Waals surface area contributed by atoms with Crippen molar-refractivity contribution in [2.75, 3.05) is 19.6 Å². The van der Waals surface area contributed by atoms with Crippen molar-refractivity contribution in [3.63, 3.8) is 0 Å². The van der Waals surface area contributed by atoms with Crippen LogP contribution in [0.2, 0.25) is 0 Å². The molecular weight excluding hydrogens is 320 g/mol. The van der Waals surface area contributed by atoms with Crippen molar-refractivity contribution in [3.8, 4) is 0 Å². The molecule has 1 aliphatic rings. The molecule has 0 saturated carbocycles. The highest BCUT2D eigenvalue weighted by Crippen LogP contribution is 2.25. The van der Waals surface area contributed by atoms with Crippen LogP contribution in [-0.4, -0.2) is 45.8 Å². The number of hydrogen-bond acceptors (Lipinski definition) is 3. The molecule has 2 N–H and O–H groups in total. The Labute approximate surface area is 147 Å². The molecular formula is C18H24N4OS. The molecule has 0 unspecified atom stereocenters. The van der Waals surface area contributed by atoms with Crippen LogP contribution >= 0.6 is 11.8 Å². The molecule has 128 valence electrons. The number of aromatic amines is 1. The normalized spacial score (nSPS) is 19.0. The van der Waals surface area contributed by atoms with Gasteiger partial charge in [-0.25, -0.2) is 9.78 Å². The Hall–Kier alpha value is -1.95. The van der Waals surface area contributed by atoms with Gasteiger partial charge in [-0.15, -0.1) is 11.8 Å². The van der Waals surface area contributed by atoms with E-state index >= 15 is 0 Å². The van der Waals surface area contributed by atoms with Crippen molar-refractivity contribution in [1.82, 2.24) is 20.2 Å². The van der Waals surface area contributed by atoms with Gasteiger partial charge in [0.15, 0.2) is 0 Å². The zero-order chi connectivity index (χ0) is 16.8. The van der Waals surface area contributed by atoms with Gasteiger partial charge in [-0.2, -0.15) is 0 Å². The fourth-order valence-electron chi connectivity index (χ4n) is 3.00. The second-order valence-corrected chi connectivity index (χ2v) is 7.70. The number of amides is 2. The summed E-state index contributed by atoms with van der Waals surface area (Å²) in [4.78, 5) is 23.1. The molecule has 1 fully saturated rings. The fourth-order valence-corrected chi connectivity index (χ4v) is 3.95. The SMILES string of the molecule is C[C@@H](CNC(=O)N1CCC[C@@H](c2ncc[nH]2)C1)Sc1ccccc1. The number of thioether (sulfide) groups is 1. The third kappa shape index (κ3) is 4.54. The second-order valence-electron chi connectivity index (χ2n) is 6.19. The van der Waals surface area contributed by atoms with Crippen LogP contribution in [0, 0.1) is 0 Å². The van der Waals surface area contributed by atoms with Crippen molar-refractivity contribution in [2.45, 2.75) is 35.8 Å². The van der Waals surface area contributed by atoms with E-state index in [9.17, 15) is 4.79 Å². The lowest BCUT2D eigenvalue weighted by Crippen LogP contribution is -2.46. The number of nitrogens with one attached hydrogen (secondary N) is 2. The van der Waals surface area contributed by atoms with Gasteiger partial charge in [0.05, 0.1) is 0 Å². The number of rotatable bonds is 5. The van der Waals surface area contributed by atoms with Crippen LogP contribution in [0.25, 0.3) is 0 Å². The number of carbonyl (C=O) groups is 1. The van der Waals surface area contributed by atoms with E-state index in [2.05, 4.69) is 34.3 Å². The maximum atomic E-state index is 12.4. The van der Waals surface area contributed by atoms with Crippen LogP contribution < -0.4 is 5.32 Å². The Kier molecular flexibility index (Phi) is 5.80. The summed E-state index contributed by atoms with van der Waals surface area (Å²) in [6, 6.07) is 10.3. The van der Waals surface area contributed by atoms with Crippen molar-refractivity contribution >= 4 is 17.8 Å². The highest BCUT2D eigenvalue weighted by Gasteiger charge is 2.26. The van der Waals surface area contributed by atoms with Gasteiger partial charge in [-0.1, -0.05) is 25.1 Å². The number of imidazole rings is 1. The van der Waals surface area contributed by atoms with Crippen LogP contribution in [0.15, 0.2) is 47.6 Å². The van der Waals surface area contributed by atoms with Crippen molar-refractivity contribution in [3.05, 3.63) is 48.5 Å². The van der Waals surface area contributed by atoms with E-state index in [1.54, 1.807) is 18.0 Å². The van der Waals surface area contributed by atoms with Gasteiger partial charge in [0.25, 0.3) is 0 Å². The molecule has 1 saturated heterocycles. The number of aromatic nitrogens is 2. The van der Waals surface area contributed by atoms with Crippen molar-refractivity contribution in [1.29, 1.82) is 0 Å². The summed E-state index contributed by atoms with van der Waals surface area (Å²) < 4.78 is 0. The molecule has 1 aromatic heterocycles. The van der Waals surface area contributed by atoms with E-state index in [0.29, 0.717) is 17.7 Å². The minimum Gasteiger partial charge on any atom is -0.348 e. The van der Waals surface area contributed by atoms with Gasteiger partial charge in [-0.05, 0) is 25.0 Å². The van der Waals surface area contributed by atoms with Crippen molar-refractivity contribution in [2.24, 2.45) is 0 Å². The van der Waals surface area contributed by atoms with E-state index in [-0.39, 0.29) is 6.03 Å². The third-order valence-corrected chi connectivity index (χ3v) is 5.35. The highest BCUT2D eigenvalue weighted by atomic mass is 32.2. The smallest absolute Gasteiger partial charge is 0.317 e. The number of H-pyrrole nitrogens is 1. The Morgan fingerprint density at radius 1 is 1.46 bits per heavy atom. The molecule has 6 heteroatoms. The lowest BCUT2D eigenvalue weighted by molar-refractivity contribution is 0.178. The molecule has 5 nitrogen and oxygen atoms in total. The van der Waals surface area contributed by atoms with E-state index in [1.807, 2.05) is 29.3 Å². The molecule has 0 spiro atoms. The first-order valence-electron chi connectivity index (χ1n) is 8.46. The Morgan fingerprint density at radius 3 is 3.04 bits per heavy atom. The summed E-state index contributed by atoms with van der Waals surface area (Å²) in [5.74, 6) is 1.30. The zero-order valence-electron chi connectivity index (χ0n) is 13.9. The molecule has 0 bridgehead atoms. The van der Waals surface area contributed by atoms with Crippen LogP contribution in [-0.2, 0) is 0 Å². The topological polar surface area (TPSA) is 61.0 Å². The summed E-state index contributed by atoms with van der Waals surface area (Å²) in [7, 11) is 0. The molecule has 2 amide bonds. The Balaban J connectivity index is 1.46. The molecule has 1 aliphatic heterocycles. The first-order chi connectivity index (χ1) is 11.7. The van der Waals surface area contributed by atoms with Gasteiger partial charge in [0.1, 0.15) is 5.82 Å². The fraction of sp³-hybridized carbons (Fsp3) is 0.444. The third-order valence-electron chi connectivity index (χ3n) is 4.24. The summed E-state index contributed by atoms with van der Waals surface area (Å²) in [5.41, 5.74) is 0. The molecule has 0 aliphatic carbocycles. The molecule has 1 aromatic carbocycles. The molecule has 24 heavy (non-hydrogen) atoms. The summed E-state index contributed by atoms with van der Waals surface area (Å²) in [5, 5.41) is 3.41. The largest absolute Gasteiger partial charge is 0.348 e. The number of piperidine rings is 1. The number of hydrogen-bond donors (Lipinski definition) is 2. The van der Waals surface area contributed by atoms with Gasteiger partial charge < -0.3 is 15.2 Å². The van der Waals surface area contributed by atoms with Crippen LogP contribution in [0.4, 0.5) is 4.79 Å². The summed E-state index contributed by atoms with van der Waals surface area (Å²) in [6.07, 6.45) is 5.72. The van der Waals surface area contributed by atoms with Gasteiger partial charge >= 0.3 is 6.03 Å². The van der Waals surface area contributed by atoms with Gasteiger partial charge in [0.2, 0.25) is 0 Å². The van der Waals surface area contributed by atoms with E-state index < -0.39 is 0 Å². The number of nitrogens with zero attached hydrogens (tertiary/aromatic N) is 2. The monoisotopic (exact) mass is 344 g/mol. The molecule has 2 heterocycles. The van der Waals surface area contributed by atoms with Gasteiger partial charge in [-0.3, -0.25) is 0 Å². The number of carbonyl (C=O) groups excluding carboxylic acids is 1. The predicted octanol–water partition coefficient (Wildman–Crippen LogP) is 3.48. The van der Waals surface area contributed by atoms with E-state index in [1.165, 1.54) is 4.90 Å². The molecule has 2 aromatic rings. The number of benzene rings is 1. The lowest BCUT2D eigenvalue weighted by atomic mass is 9.98. The zero-order valence-corrected chi connectivity index (χ0v) is 14.8. The molecule has 3 rings (SSSR count). The number of urea groups is 1. The number of likely N-dealkylation sites (tertiary alicyclic amines) is 1. The highest BCUT2D eigenvalue weighted by molar-refractivity contribution is 8.00. The minimum absolute atomic E-state index is 0.0340. The molecule has 0 radical (unpaired) electrons. The van der Waals surface area contributed by atoms with E-state index in [0.717, 1.165) is 31.8 Å². The van der Waals surface area contributed by atoms with Crippen LogP contribution in [0.1, 0.15) is 31.5 Å². The Bertz CT molecular complexity index is 632. The first-order valence-corrected chi connectivity index (χ1v) is 9.34. The quantitative estimate of drug-likeness (QED) is 0.816. The Morgan fingerprint density at radius 2 is 2.29 bits per heavy atom. The van der Waals surface area contributed by atoms with E-state index in [4.69, 9.17) is 0 Å². The summed E-state index contributed by atoms with van der Waals surface area (Å²) >= 11 is 1.78. The predicted molar refractivity (Wildman–Crippen MR) is 97.3 cm³/mol. The van der Waals surface area contributed by atoms with Crippen LogP contribution in [0.3, 0.4) is 0 Å². The maximum absolute atomic E-state index is 12.4. The average molecular weight is 344 g/mol. The second kappa shape index (κ2) is 8.24. The van der Waals surface area contributed by atoms with Gasteiger partial charge in [0, 0.05) is 48.1 Å². The standard InChI is InChI=1S/C18H24N4OS/c1-14(24-16-7-3-2-4-8-16)12-21-18(23)22-11-5-6-15(13-22)17-19-9-10-20-17/h2-4,7-10,14-15H,5-6,11-13H2,1H3,(H,19,20)(H,21,23)/t14-,15+/m0/s1. The van der Waals surface area contributed by atoms with Crippen molar-refractivity contribution < 1.29 is 4.79 Å². The lowest BCUT2D eigenvalue weighted by Gasteiger charge is -2.32.